The number of likely N-dealkylation sites (N-methyl/N-ethyl adjacent to an activating group) is 1. The van der Waals surface area contributed by atoms with Gasteiger partial charge in [-0.15, -0.1) is 6.42 Å². The second-order valence-corrected chi connectivity index (χ2v) is 5.68. The molecule has 2 saturated heterocycles. The van der Waals surface area contributed by atoms with Crippen molar-refractivity contribution in [3.8, 4) is 12.3 Å². The summed E-state index contributed by atoms with van der Waals surface area (Å²) in [6.45, 7) is 11.5. The summed E-state index contributed by atoms with van der Waals surface area (Å²) < 4.78 is 0. The molecule has 2 aliphatic rings. The van der Waals surface area contributed by atoms with Gasteiger partial charge in [0.1, 0.15) is 0 Å². The molecule has 2 unspecified atom stereocenters. The highest BCUT2D eigenvalue weighted by Gasteiger charge is 2.56. The third-order valence-electron chi connectivity index (χ3n) is 4.16. The van der Waals surface area contributed by atoms with E-state index >= 15 is 0 Å². The Labute approximate surface area is 100.0 Å². The molecule has 2 aliphatic heterocycles. The van der Waals surface area contributed by atoms with Gasteiger partial charge in [0.05, 0.1) is 11.6 Å². The van der Waals surface area contributed by atoms with Crippen LogP contribution in [0.4, 0.5) is 0 Å². The van der Waals surface area contributed by atoms with Crippen LogP contribution in [0.1, 0.15) is 33.6 Å². The van der Waals surface area contributed by atoms with Crippen LogP contribution in [0.5, 0.6) is 0 Å². The van der Waals surface area contributed by atoms with Crippen molar-refractivity contribution in [2.24, 2.45) is 5.92 Å². The van der Waals surface area contributed by atoms with Crippen molar-refractivity contribution in [1.82, 2.24) is 9.80 Å². The molecule has 0 aromatic rings. The van der Waals surface area contributed by atoms with Gasteiger partial charge in [0.2, 0.25) is 0 Å². The molecule has 90 valence electrons. The van der Waals surface area contributed by atoms with Gasteiger partial charge in [-0.2, -0.15) is 0 Å². The second kappa shape index (κ2) is 4.39. The predicted molar refractivity (Wildman–Crippen MR) is 68.2 cm³/mol. The minimum atomic E-state index is 0.332. The highest BCUT2D eigenvalue weighted by atomic mass is 15.4. The van der Waals surface area contributed by atoms with Crippen LogP contribution >= 0.6 is 0 Å². The molecule has 1 spiro atoms. The summed E-state index contributed by atoms with van der Waals surface area (Å²) in [5, 5.41) is 0. The van der Waals surface area contributed by atoms with E-state index in [1.807, 2.05) is 0 Å². The fourth-order valence-corrected chi connectivity index (χ4v) is 3.57. The number of likely N-dealkylation sites (tertiary alicyclic amines) is 2. The average Bonchev–Trinajstić information content (AvgIpc) is 2.62. The average molecular weight is 220 g/mol. The van der Waals surface area contributed by atoms with Crippen LogP contribution < -0.4 is 0 Å². The van der Waals surface area contributed by atoms with Crippen LogP contribution in [-0.4, -0.2) is 47.6 Å². The maximum atomic E-state index is 5.75. The first-order valence-electron chi connectivity index (χ1n) is 6.59. The molecule has 0 N–H and O–H groups in total. The van der Waals surface area contributed by atoms with Crippen LogP contribution in [0.3, 0.4) is 0 Å². The molecule has 0 aromatic carbocycles. The van der Waals surface area contributed by atoms with E-state index in [9.17, 15) is 0 Å². The van der Waals surface area contributed by atoms with E-state index in [-0.39, 0.29) is 0 Å². The number of nitrogens with zero attached hydrogens (tertiary/aromatic N) is 2. The molecule has 0 aliphatic carbocycles. The van der Waals surface area contributed by atoms with Gasteiger partial charge >= 0.3 is 0 Å². The van der Waals surface area contributed by atoms with Crippen molar-refractivity contribution < 1.29 is 0 Å². The van der Waals surface area contributed by atoms with Gasteiger partial charge in [0.25, 0.3) is 0 Å². The van der Waals surface area contributed by atoms with E-state index in [4.69, 9.17) is 6.42 Å². The van der Waals surface area contributed by atoms with E-state index in [1.165, 1.54) is 25.9 Å². The van der Waals surface area contributed by atoms with Gasteiger partial charge in [0, 0.05) is 13.1 Å². The minimum Gasteiger partial charge on any atom is -0.294 e. The summed E-state index contributed by atoms with van der Waals surface area (Å²) in [6.07, 6.45) is 8.37. The lowest BCUT2D eigenvalue weighted by Gasteiger charge is -2.58. The summed E-state index contributed by atoms with van der Waals surface area (Å²) in [7, 11) is 0. The Morgan fingerprint density at radius 1 is 1.50 bits per heavy atom. The topological polar surface area (TPSA) is 6.48 Å². The maximum Gasteiger partial charge on any atom is 0.0911 e. The number of hydrogen-bond donors (Lipinski definition) is 0. The molecule has 16 heavy (non-hydrogen) atoms. The molecular weight excluding hydrogens is 196 g/mol. The molecule has 0 saturated carbocycles. The van der Waals surface area contributed by atoms with Gasteiger partial charge in [-0.05, 0) is 31.8 Å². The monoisotopic (exact) mass is 220 g/mol. The molecule has 0 amide bonds. The maximum absolute atomic E-state index is 5.75. The smallest absolute Gasteiger partial charge is 0.0911 e. The van der Waals surface area contributed by atoms with E-state index in [0.29, 0.717) is 17.5 Å². The Morgan fingerprint density at radius 3 is 2.81 bits per heavy atom. The number of hydrogen-bond acceptors (Lipinski definition) is 2. The van der Waals surface area contributed by atoms with Gasteiger partial charge in [-0.25, -0.2) is 0 Å². The summed E-state index contributed by atoms with van der Waals surface area (Å²) in [5.41, 5.74) is 0.332. The highest BCUT2D eigenvalue weighted by molar-refractivity contribution is 5.24. The van der Waals surface area contributed by atoms with E-state index in [2.05, 4.69) is 36.5 Å². The van der Waals surface area contributed by atoms with E-state index in [0.717, 1.165) is 13.1 Å². The first-order chi connectivity index (χ1) is 7.64. The highest BCUT2D eigenvalue weighted by Crippen LogP contribution is 2.42. The van der Waals surface area contributed by atoms with Gasteiger partial charge in [-0.1, -0.05) is 26.7 Å². The summed E-state index contributed by atoms with van der Waals surface area (Å²) >= 11 is 0. The normalized spacial score (nSPS) is 35.6. The molecule has 0 bridgehead atoms. The van der Waals surface area contributed by atoms with Gasteiger partial charge in [-0.3, -0.25) is 9.80 Å². The van der Waals surface area contributed by atoms with Gasteiger partial charge in [0.15, 0.2) is 0 Å². The molecule has 0 aromatic heterocycles. The summed E-state index contributed by atoms with van der Waals surface area (Å²) in [5.74, 6) is 3.75. The van der Waals surface area contributed by atoms with Crippen molar-refractivity contribution in [2.45, 2.75) is 45.2 Å². The van der Waals surface area contributed by atoms with Crippen molar-refractivity contribution in [1.29, 1.82) is 0 Å². The zero-order chi connectivity index (χ0) is 11.8. The van der Waals surface area contributed by atoms with Crippen molar-refractivity contribution in [3.05, 3.63) is 0 Å². The third kappa shape index (κ3) is 1.67. The Morgan fingerprint density at radius 2 is 2.25 bits per heavy atom. The number of rotatable bonds is 3. The molecule has 2 nitrogen and oxygen atoms in total. The third-order valence-corrected chi connectivity index (χ3v) is 4.16. The second-order valence-electron chi connectivity index (χ2n) is 5.68. The zero-order valence-corrected chi connectivity index (χ0v) is 10.9. The lowest BCUT2D eigenvalue weighted by molar-refractivity contribution is -0.0671. The fraction of sp³-hybridized carbons (Fsp3) is 0.857. The van der Waals surface area contributed by atoms with Crippen LogP contribution in [0.25, 0.3) is 0 Å². The molecule has 2 fully saturated rings. The van der Waals surface area contributed by atoms with Crippen LogP contribution in [0.2, 0.25) is 0 Å². The van der Waals surface area contributed by atoms with E-state index < -0.39 is 0 Å². The van der Waals surface area contributed by atoms with Crippen LogP contribution in [0.15, 0.2) is 0 Å². The Bertz CT molecular complexity index is 292. The van der Waals surface area contributed by atoms with E-state index in [1.54, 1.807) is 0 Å². The Hall–Kier alpha value is -0.520. The zero-order valence-electron chi connectivity index (χ0n) is 10.9. The Balaban J connectivity index is 2.06. The van der Waals surface area contributed by atoms with Crippen LogP contribution in [-0.2, 0) is 0 Å². The molecular formula is C14H24N2. The molecule has 0 radical (unpaired) electrons. The standard InChI is InChI=1S/C14H24N2/c1-5-13-14(8-7-9-16(14)6-2)11-15(13)10-12(3)4/h1,12-13H,6-11H2,2-4H3. The molecule has 2 heterocycles. The SMILES string of the molecule is C#CC1N(CC(C)C)CC12CCCN2CC. The van der Waals surface area contributed by atoms with Crippen LogP contribution in [0, 0.1) is 18.3 Å². The number of terminal acetylenes is 1. The summed E-state index contributed by atoms with van der Waals surface area (Å²) in [6, 6.07) is 0.359. The summed E-state index contributed by atoms with van der Waals surface area (Å²) in [4.78, 5) is 5.09. The van der Waals surface area contributed by atoms with Crippen molar-refractivity contribution in [3.63, 3.8) is 0 Å². The van der Waals surface area contributed by atoms with Crippen molar-refractivity contribution >= 4 is 0 Å². The minimum absolute atomic E-state index is 0.332. The predicted octanol–water partition coefficient (Wildman–Crippen LogP) is 1.81. The van der Waals surface area contributed by atoms with Crippen molar-refractivity contribution in [2.75, 3.05) is 26.2 Å². The fourth-order valence-electron chi connectivity index (χ4n) is 3.57. The lowest BCUT2D eigenvalue weighted by atomic mass is 9.77. The Kier molecular flexibility index (Phi) is 3.28. The lowest BCUT2D eigenvalue weighted by Crippen LogP contribution is -2.74. The first-order valence-corrected chi connectivity index (χ1v) is 6.59. The molecule has 2 rings (SSSR count). The molecule has 2 heteroatoms. The first kappa shape index (κ1) is 12.0. The quantitative estimate of drug-likeness (QED) is 0.669. The largest absolute Gasteiger partial charge is 0.294 e. The van der Waals surface area contributed by atoms with Gasteiger partial charge < -0.3 is 0 Å². The molecule has 2 atom stereocenters.